The number of aromatic nitrogens is 3. The molecule has 2 aliphatic rings. The minimum absolute atomic E-state index is 0.164. The minimum Gasteiger partial charge on any atom is -0.348 e. The summed E-state index contributed by atoms with van der Waals surface area (Å²) in [5.41, 5.74) is 0.775. The number of carbonyl (C=O) groups is 1. The minimum atomic E-state index is -0.203. The highest BCUT2D eigenvalue weighted by atomic mass is 35.5. The molecular formula is C16H19ClN4O. The Bertz CT molecular complexity index is 728. The second kappa shape index (κ2) is 5.23. The predicted octanol–water partition coefficient (Wildman–Crippen LogP) is 2.94. The molecule has 22 heavy (non-hydrogen) atoms. The standard InChI is InChI=1S/C16H19ClN4O/c1-9(12-8-10-3-4-11(12)7-10)19-16(22)14-13(17)15-18-5-2-6-21(15)20-14/h2,5-6,9-12H,3-4,7-8H2,1H3,(H,19,22)/t9-,10-,11-,12-/m1/s1. The first-order chi connectivity index (χ1) is 10.6. The van der Waals surface area contributed by atoms with Gasteiger partial charge >= 0.3 is 0 Å². The van der Waals surface area contributed by atoms with E-state index < -0.39 is 0 Å². The smallest absolute Gasteiger partial charge is 0.273 e. The normalized spacial score (nSPS) is 28.2. The van der Waals surface area contributed by atoms with Gasteiger partial charge < -0.3 is 5.32 Å². The van der Waals surface area contributed by atoms with E-state index in [1.807, 2.05) is 0 Å². The van der Waals surface area contributed by atoms with Crippen molar-refractivity contribution in [2.45, 2.75) is 38.6 Å². The zero-order chi connectivity index (χ0) is 15.3. The Hall–Kier alpha value is -1.62. The molecule has 2 saturated carbocycles. The van der Waals surface area contributed by atoms with Gasteiger partial charge in [-0.2, -0.15) is 5.10 Å². The van der Waals surface area contributed by atoms with E-state index in [2.05, 4.69) is 22.3 Å². The molecule has 1 N–H and O–H groups in total. The van der Waals surface area contributed by atoms with Gasteiger partial charge in [0.05, 0.1) is 0 Å². The monoisotopic (exact) mass is 318 g/mol. The predicted molar refractivity (Wildman–Crippen MR) is 83.9 cm³/mol. The largest absolute Gasteiger partial charge is 0.348 e. The van der Waals surface area contributed by atoms with Gasteiger partial charge in [0.1, 0.15) is 5.02 Å². The first-order valence-corrected chi connectivity index (χ1v) is 8.31. The highest BCUT2D eigenvalue weighted by molar-refractivity contribution is 6.36. The molecule has 4 atom stereocenters. The SMILES string of the molecule is C[C@@H](NC(=O)c1nn2cccnc2c1Cl)[C@H]1C[C@@H]2CC[C@@H]1C2. The van der Waals surface area contributed by atoms with Crippen LogP contribution in [0.5, 0.6) is 0 Å². The van der Waals surface area contributed by atoms with E-state index in [9.17, 15) is 4.79 Å². The number of fused-ring (bicyclic) bond motifs is 3. The summed E-state index contributed by atoms with van der Waals surface area (Å²) in [7, 11) is 0. The Morgan fingerprint density at radius 2 is 2.32 bits per heavy atom. The molecule has 4 rings (SSSR count). The molecule has 5 nitrogen and oxygen atoms in total. The fourth-order valence-electron chi connectivity index (χ4n) is 4.29. The van der Waals surface area contributed by atoms with Crippen LogP contribution in [-0.2, 0) is 0 Å². The highest BCUT2D eigenvalue weighted by Crippen LogP contribution is 2.49. The molecule has 0 unspecified atom stereocenters. The lowest BCUT2D eigenvalue weighted by Crippen LogP contribution is -2.40. The van der Waals surface area contributed by atoms with Crippen molar-refractivity contribution in [1.29, 1.82) is 0 Å². The number of rotatable bonds is 3. The van der Waals surface area contributed by atoms with Crippen LogP contribution in [0.4, 0.5) is 0 Å². The molecular weight excluding hydrogens is 300 g/mol. The fraction of sp³-hybridized carbons (Fsp3) is 0.562. The summed E-state index contributed by atoms with van der Waals surface area (Å²) in [6, 6.07) is 1.92. The van der Waals surface area contributed by atoms with Gasteiger partial charge in [-0.3, -0.25) is 4.79 Å². The average Bonchev–Trinajstić information content (AvgIpc) is 3.22. The van der Waals surface area contributed by atoms with Crippen LogP contribution >= 0.6 is 11.6 Å². The lowest BCUT2D eigenvalue weighted by atomic mass is 9.84. The van der Waals surface area contributed by atoms with Gasteiger partial charge in [-0.25, -0.2) is 9.50 Å². The Morgan fingerprint density at radius 3 is 3.00 bits per heavy atom. The van der Waals surface area contributed by atoms with E-state index in [1.54, 1.807) is 23.0 Å². The Balaban J connectivity index is 1.52. The molecule has 0 aromatic carbocycles. The second-order valence-electron chi connectivity index (χ2n) is 6.65. The number of halogens is 1. The molecule has 0 saturated heterocycles. The molecule has 2 heterocycles. The average molecular weight is 319 g/mol. The summed E-state index contributed by atoms with van der Waals surface area (Å²) in [5, 5.41) is 7.67. The summed E-state index contributed by atoms with van der Waals surface area (Å²) in [6.45, 7) is 2.10. The third kappa shape index (κ3) is 2.19. The summed E-state index contributed by atoms with van der Waals surface area (Å²) in [4.78, 5) is 16.7. The first-order valence-electron chi connectivity index (χ1n) is 7.93. The molecule has 0 spiro atoms. The summed E-state index contributed by atoms with van der Waals surface area (Å²) in [6.07, 6.45) is 8.64. The van der Waals surface area contributed by atoms with Crippen LogP contribution in [0.2, 0.25) is 5.02 Å². The van der Waals surface area contributed by atoms with Crippen molar-refractivity contribution in [3.05, 3.63) is 29.2 Å². The van der Waals surface area contributed by atoms with Crippen LogP contribution in [0, 0.1) is 17.8 Å². The Labute approximate surface area is 134 Å². The zero-order valence-electron chi connectivity index (χ0n) is 12.5. The van der Waals surface area contributed by atoms with Crippen LogP contribution in [0.15, 0.2) is 18.5 Å². The van der Waals surface area contributed by atoms with Crippen molar-refractivity contribution in [3.8, 4) is 0 Å². The summed E-state index contributed by atoms with van der Waals surface area (Å²) < 4.78 is 1.54. The number of nitrogens with one attached hydrogen (secondary N) is 1. The third-order valence-corrected chi connectivity index (χ3v) is 5.70. The van der Waals surface area contributed by atoms with Crippen molar-refractivity contribution in [1.82, 2.24) is 19.9 Å². The van der Waals surface area contributed by atoms with Crippen LogP contribution in [-0.4, -0.2) is 26.5 Å². The van der Waals surface area contributed by atoms with Gasteiger partial charge in [0.2, 0.25) is 0 Å². The van der Waals surface area contributed by atoms with Gasteiger partial charge in [-0.05, 0) is 50.0 Å². The third-order valence-electron chi connectivity index (χ3n) is 5.35. The maximum atomic E-state index is 12.5. The molecule has 0 radical (unpaired) electrons. The maximum absolute atomic E-state index is 12.5. The number of hydrogen-bond donors (Lipinski definition) is 1. The van der Waals surface area contributed by atoms with E-state index >= 15 is 0 Å². The van der Waals surface area contributed by atoms with E-state index in [-0.39, 0.29) is 17.6 Å². The van der Waals surface area contributed by atoms with Crippen molar-refractivity contribution >= 4 is 23.2 Å². The Kier molecular flexibility index (Phi) is 3.33. The second-order valence-corrected chi connectivity index (χ2v) is 7.03. The number of carbonyl (C=O) groups excluding carboxylic acids is 1. The van der Waals surface area contributed by atoms with Crippen LogP contribution < -0.4 is 5.32 Å². The zero-order valence-corrected chi connectivity index (χ0v) is 13.3. The number of nitrogens with zero attached hydrogens (tertiary/aromatic N) is 3. The molecule has 2 bridgehead atoms. The summed E-state index contributed by atoms with van der Waals surface area (Å²) in [5.74, 6) is 2.04. The van der Waals surface area contributed by atoms with E-state index in [0.717, 1.165) is 11.8 Å². The molecule has 2 aromatic rings. The van der Waals surface area contributed by atoms with Gasteiger partial charge in [0.15, 0.2) is 11.3 Å². The topological polar surface area (TPSA) is 59.3 Å². The van der Waals surface area contributed by atoms with Crippen molar-refractivity contribution in [2.24, 2.45) is 17.8 Å². The van der Waals surface area contributed by atoms with Crippen molar-refractivity contribution in [3.63, 3.8) is 0 Å². The first kappa shape index (κ1) is 14.0. The highest BCUT2D eigenvalue weighted by Gasteiger charge is 2.42. The van der Waals surface area contributed by atoms with E-state index in [4.69, 9.17) is 11.6 Å². The van der Waals surface area contributed by atoms with E-state index in [1.165, 1.54) is 25.7 Å². The molecule has 116 valence electrons. The van der Waals surface area contributed by atoms with Crippen LogP contribution in [0.1, 0.15) is 43.1 Å². The number of hydrogen-bond acceptors (Lipinski definition) is 3. The van der Waals surface area contributed by atoms with E-state index in [0.29, 0.717) is 16.6 Å². The number of amides is 1. The molecule has 2 fully saturated rings. The van der Waals surface area contributed by atoms with Gasteiger partial charge in [0.25, 0.3) is 5.91 Å². The molecule has 1 amide bonds. The van der Waals surface area contributed by atoms with Gasteiger partial charge in [-0.15, -0.1) is 0 Å². The lowest BCUT2D eigenvalue weighted by Gasteiger charge is -2.28. The van der Waals surface area contributed by atoms with Gasteiger partial charge in [-0.1, -0.05) is 18.0 Å². The molecule has 0 aliphatic heterocycles. The maximum Gasteiger partial charge on any atom is 0.273 e. The quantitative estimate of drug-likeness (QED) is 0.946. The van der Waals surface area contributed by atoms with Gasteiger partial charge in [0, 0.05) is 18.4 Å². The molecule has 2 aromatic heterocycles. The molecule has 6 heteroatoms. The fourth-order valence-corrected chi connectivity index (χ4v) is 4.55. The van der Waals surface area contributed by atoms with Crippen molar-refractivity contribution in [2.75, 3.05) is 0 Å². The summed E-state index contributed by atoms with van der Waals surface area (Å²) >= 11 is 6.25. The molecule has 2 aliphatic carbocycles. The van der Waals surface area contributed by atoms with Crippen molar-refractivity contribution < 1.29 is 4.79 Å². The van der Waals surface area contributed by atoms with Crippen LogP contribution in [0.3, 0.4) is 0 Å². The van der Waals surface area contributed by atoms with Crippen LogP contribution in [0.25, 0.3) is 5.65 Å². The Morgan fingerprint density at radius 1 is 1.45 bits per heavy atom. The lowest BCUT2D eigenvalue weighted by molar-refractivity contribution is 0.0910.